The Kier molecular flexibility index (Phi) is 5.61. The first-order valence-electron chi connectivity index (χ1n) is 9.95. The summed E-state index contributed by atoms with van der Waals surface area (Å²) in [6, 6.07) is 16.0. The van der Waals surface area contributed by atoms with Crippen molar-refractivity contribution in [3.05, 3.63) is 77.7 Å². The van der Waals surface area contributed by atoms with Crippen LogP contribution in [0, 0.1) is 5.82 Å². The molecule has 1 aliphatic heterocycles. The molecule has 2 aromatic carbocycles. The molecule has 0 aliphatic carbocycles. The zero-order chi connectivity index (χ0) is 21.1. The van der Waals surface area contributed by atoms with Gasteiger partial charge in [-0.25, -0.2) is 4.39 Å². The summed E-state index contributed by atoms with van der Waals surface area (Å²) in [5.41, 5.74) is 1.68. The smallest absolute Gasteiger partial charge is 0.276 e. The molecule has 4 rings (SSSR count). The van der Waals surface area contributed by atoms with E-state index in [0.717, 1.165) is 12.0 Å². The van der Waals surface area contributed by atoms with E-state index in [1.54, 1.807) is 17.0 Å². The van der Waals surface area contributed by atoms with Crippen LogP contribution in [0.2, 0.25) is 0 Å². The summed E-state index contributed by atoms with van der Waals surface area (Å²) in [6.07, 6.45) is 1.32. The second-order valence-electron chi connectivity index (χ2n) is 7.32. The Morgan fingerprint density at radius 2 is 1.93 bits per heavy atom. The molecule has 2 amide bonds. The van der Waals surface area contributed by atoms with Crippen molar-refractivity contribution >= 4 is 11.8 Å². The molecule has 7 heteroatoms. The molecular formula is C23H22FN3O3. The molecule has 0 radical (unpaired) electrons. The van der Waals surface area contributed by atoms with Crippen molar-refractivity contribution in [3.63, 3.8) is 0 Å². The third-order valence-electron chi connectivity index (χ3n) is 5.26. The van der Waals surface area contributed by atoms with Gasteiger partial charge in [-0.2, -0.15) is 0 Å². The van der Waals surface area contributed by atoms with Crippen molar-refractivity contribution in [1.29, 1.82) is 0 Å². The van der Waals surface area contributed by atoms with Gasteiger partial charge in [0.05, 0.1) is 6.04 Å². The molecule has 2 unspecified atom stereocenters. The van der Waals surface area contributed by atoms with Gasteiger partial charge in [-0.15, -0.1) is 0 Å². The highest BCUT2D eigenvalue weighted by Gasteiger charge is 2.38. The van der Waals surface area contributed by atoms with E-state index in [9.17, 15) is 14.0 Å². The first kappa shape index (κ1) is 19.8. The zero-order valence-corrected chi connectivity index (χ0v) is 16.5. The van der Waals surface area contributed by atoms with Gasteiger partial charge in [-0.05, 0) is 36.2 Å². The monoisotopic (exact) mass is 407 g/mol. The van der Waals surface area contributed by atoms with Crippen LogP contribution in [0.5, 0.6) is 0 Å². The molecule has 0 bridgehead atoms. The second-order valence-corrected chi connectivity index (χ2v) is 7.32. The molecule has 2 heterocycles. The maximum absolute atomic E-state index is 13.3. The van der Waals surface area contributed by atoms with Crippen molar-refractivity contribution in [1.82, 2.24) is 15.4 Å². The van der Waals surface area contributed by atoms with Crippen LogP contribution in [0.1, 0.15) is 41.9 Å². The normalized spacial score (nSPS) is 18.9. The van der Waals surface area contributed by atoms with Gasteiger partial charge in [-0.1, -0.05) is 48.8 Å². The van der Waals surface area contributed by atoms with Crippen molar-refractivity contribution < 1.29 is 18.5 Å². The van der Waals surface area contributed by atoms with Crippen LogP contribution in [-0.2, 0) is 4.79 Å². The Morgan fingerprint density at radius 3 is 2.63 bits per heavy atom. The van der Waals surface area contributed by atoms with E-state index in [0.29, 0.717) is 24.3 Å². The summed E-state index contributed by atoms with van der Waals surface area (Å²) in [7, 11) is 0. The summed E-state index contributed by atoms with van der Waals surface area (Å²) in [4.78, 5) is 27.6. The highest BCUT2D eigenvalue weighted by molar-refractivity contribution is 5.97. The number of halogens is 1. The fraction of sp³-hybridized carbons (Fsp3) is 0.261. The van der Waals surface area contributed by atoms with E-state index in [2.05, 4.69) is 10.5 Å². The third kappa shape index (κ3) is 3.96. The Labute approximate surface area is 173 Å². The SMILES string of the molecule is CCCC1C(=O)NC(c2ccccc2)CN1C(=O)c1cc(-c2ccc(F)cc2)on1. The van der Waals surface area contributed by atoms with Crippen molar-refractivity contribution in [2.45, 2.75) is 31.8 Å². The lowest BCUT2D eigenvalue weighted by Crippen LogP contribution is -2.58. The van der Waals surface area contributed by atoms with Gasteiger partial charge in [0.25, 0.3) is 5.91 Å². The van der Waals surface area contributed by atoms with Crippen LogP contribution in [0.25, 0.3) is 11.3 Å². The van der Waals surface area contributed by atoms with E-state index in [-0.39, 0.29) is 29.4 Å². The lowest BCUT2D eigenvalue weighted by Gasteiger charge is -2.39. The number of aromatic nitrogens is 1. The maximum Gasteiger partial charge on any atom is 0.276 e. The number of benzene rings is 2. The van der Waals surface area contributed by atoms with E-state index < -0.39 is 6.04 Å². The van der Waals surface area contributed by atoms with E-state index in [1.165, 1.54) is 18.2 Å². The van der Waals surface area contributed by atoms with Crippen LogP contribution in [-0.4, -0.2) is 34.5 Å². The topological polar surface area (TPSA) is 75.4 Å². The largest absolute Gasteiger partial charge is 0.355 e. The van der Waals surface area contributed by atoms with Crippen LogP contribution in [0.15, 0.2) is 65.2 Å². The molecule has 30 heavy (non-hydrogen) atoms. The first-order valence-corrected chi connectivity index (χ1v) is 9.95. The number of rotatable bonds is 5. The van der Waals surface area contributed by atoms with Gasteiger partial charge in [-0.3, -0.25) is 9.59 Å². The van der Waals surface area contributed by atoms with Gasteiger partial charge in [0.15, 0.2) is 11.5 Å². The quantitative estimate of drug-likeness (QED) is 0.695. The van der Waals surface area contributed by atoms with Gasteiger partial charge < -0.3 is 14.7 Å². The summed E-state index contributed by atoms with van der Waals surface area (Å²) in [5, 5.41) is 6.94. The number of hydrogen-bond acceptors (Lipinski definition) is 4. The average Bonchev–Trinajstić information content (AvgIpc) is 3.26. The molecule has 1 fully saturated rings. The standard InChI is InChI=1S/C23H22FN3O3/c1-2-6-20-22(28)25-19(15-7-4-3-5-8-15)14-27(20)23(29)18-13-21(30-26-18)16-9-11-17(24)12-10-16/h3-5,7-13,19-20H,2,6,14H2,1H3,(H,25,28). The number of hydrogen-bond donors (Lipinski definition) is 1. The Morgan fingerprint density at radius 1 is 1.20 bits per heavy atom. The van der Waals surface area contributed by atoms with Crippen molar-refractivity contribution in [3.8, 4) is 11.3 Å². The molecule has 1 aliphatic rings. The molecule has 0 spiro atoms. The minimum Gasteiger partial charge on any atom is -0.355 e. The van der Waals surface area contributed by atoms with Gasteiger partial charge in [0, 0.05) is 18.2 Å². The van der Waals surface area contributed by atoms with E-state index in [1.807, 2.05) is 37.3 Å². The van der Waals surface area contributed by atoms with E-state index >= 15 is 0 Å². The molecule has 1 N–H and O–H groups in total. The fourth-order valence-electron chi connectivity index (χ4n) is 3.71. The minimum absolute atomic E-state index is 0.122. The lowest BCUT2D eigenvalue weighted by atomic mass is 9.98. The molecule has 2 atom stereocenters. The van der Waals surface area contributed by atoms with Crippen LogP contribution in [0.4, 0.5) is 4.39 Å². The third-order valence-corrected chi connectivity index (χ3v) is 5.26. The van der Waals surface area contributed by atoms with Gasteiger partial charge >= 0.3 is 0 Å². The average molecular weight is 407 g/mol. The lowest BCUT2D eigenvalue weighted by molar-refractivity contribution is -0.129. The first-order chi connectivity index (χ1) is 14.6. The summed E-state index contributed by atoms with van der Waals surface area (Å²) >= 11 is 0. The van der Waals surface area contributed by atoms with Gasteiger partial charge in [0.1, 0.15) is 11.9 Å². The Bertz CT molecular complexity index is 1030. The number of amides is 2. The minimum atomic E-state index is -0.562. The molecule has 3 aromatic rings. The van der Waals surface area contributed by atoms with Crippen LogP contribution >= 0.6 is 0 Å². The highest BCUT2D eigenvalue weighted by atomic mass is 19.1. The number of piperazine rings is 1. The van der Waals surface area contributed by atoms with Gasteiger partial charge in [0.2, 0.25) is 5.91 Å². The number of carbonyl (C=O) groups excluding carboxylic acids is 2. The zero-order valence-electron chi connectivity index (χ0n) is 16.5. The highest BCUT2D eigenvalue weighted by Crippen LogP contribution is 2.26. The number of carbonyl (C=O) groups is 2. The Balaban J connectivity index is 1.61. The fourth-order valence-corrected chi connectivity index (χ4v) is 3.71. The summed E-state index contributed by atoms with van der Waals surface area (Å²) in [6.45, 7) is 2.32. The van der Waals surface area contributed by atoms with Crippen molar-refractivity contribution in [2.24, 2.45) is 0 Å². The molecule has 1 aromatic heterocycles. The number of nitrogens with one attached hydrogen (secondary N) is 1. The molecule has 6 nitrogen and oxygen atoms in total. The maximum atomic E-state index is 13.3. The molecular weight excluding hydrogens is 385 g/mol. The number of nitrogens with zero attached hydrogens (tertiary/aromatic N) is 2. The molecule has 0 saturated carbocycles. The molecule has 1 saturated heterocycles. The Hall–Kier alpha value is -3.48. The van der Waals surface area contributed by atoms with E-state index in [4.69, 9.17) is 4.52 Å². The second kappa shape index (κ2) is 8.49. The molecule has 154 valence electrons. The van der Waals surface area contributed by atoms with Crippen LogP contribution in [0.3, 0.4) is 0 Å². The summed E-state index contributed by atoms with van der Waals surface area (Å²) < 4.78 is 18.5. The summed E-state index contributed by atoms with van der Waals surface area (Å²) in [5.74, 6) is -0.524. The predicted molar refractivity (Wildman–Crippen MR) is 109 cm³/mol. The van der Waals surface area contributed by atoms with Crippen LogP contribution < -0.4 is 5.32 Å². The predicted octanol–water partition coefficient (Wildman–Crippen LogP) is 3.96. The van der Waals surface area contributed by atoms with Crippen molar-refractivity contribution in [2.75, 3.05) is 6.54 Å².